The van der Waals surface area contributed by atoms with Gasteiger partial charge >= 0.3 is 0 Å². The van der Waals surface area contributed by atoms with Crippen LogP contribution in [0, 0.1) is 5.82 Å². The Bertz CT molecular complexity index is 663. The van der Waals surface area contributed by atoms with Crippen LogP contribution in [0.25, 0.3) is 0 Å². The number of hydrogen-bond donors (Lipinski definition) is 2. The van der Waals surface area contributed by atoms with Gasteiger partial charge in [-0.1, -0.05) is 0 Å². The van der Waals surface area contributed by atoms with Crippen LogP contribution in [0.1, 0.15) is 30.6 Å². The molecule has 1 aromatic rings. The Labute approximate surface area is 123 Å². The molecule has 1 aliphatic rings. The second-order valence-electron chi connectivity index (χ2n) is 5.41. The SMILES string of the molecule is CCNc1nccc(C(=O)NC2(C)CCS(=O)(=O)C2)c1F. The minimum absolute atomic E-state index is 0.00865. The topological polar surface area (TPSA) is 88.2 Å². The van der Waals surface area contributed by atoms with Gasteiger partial charge in [-0.05, 0) is 26.3 Å². The van der Waals surface area contributed by atoms with Gasteiger partial charge in [0.15, 0.2) is 21.5 Å². The van der Waals surface area contributed by atoms with Gasteiger partial charge in [0.2, 0.25) is 0 Å². The van der Waals surface area contributed by atoms with Crippen LogP contribution in [0.4, 0.5) is 10.2 Å². The normalized spacial score (nSPS) is 23.8. The van der Waals surface area contributed by atoms with E-state index in [2.05, 4.69) is 15.6 Å². The number of nitrogens with zero attached hydrogens (tertiary/aromatic N) is 1. The van der Waals surface area contributed by atoms with Crippen molar-refractivity contribution < 1.29 is 17.6 Å². The highest BCUT2D eigenvalue weighted by molar-refractivity contribution is 7.91. The van der Waals surface area contributed by atoms with E-state index in [1.807, 2.05) is 0 Å². The number of amides is 1. The van der Waals surface area contributed by atoms with E-state index in [1.54, 1.807) is 13.8 Å². The van der Waals surface area contributed by atoms with Crippen molar-refractivity contribution in [3.8, 4) is 0 Å². The van der Waals surface area contributed by atoms with E-state index >= 15 is 0 Å². The second kappa shape index (κ2) is 5.59. The largest absolute Gasteiger partial charge is 0.368 e. The molecule has 2 rings (SSSR count). The maximum atomic E-state index is 14.2. The predicted octanol–water partition coefficient (Wildman–Crippen LogP) is 0.959. The van der Waals surface area contributed by atoms with E-state index in [9.17, 15) is 17.6 Å². The Balaban J connectivity index is 2.20. The van der Waals surface area contributed by atoms with Crippen molar-refractivity contribution >= 4 is 21.6 Å². The fraction of sp³-hybridized carbons (Fsp3) is 0.538. The third-order valence-electron chi connectivity index (χ3n) is 3.40. The summed E-state index contributed by atoms with van der Waals surface area (Å²) < 4.78 is 37.2. The van der Waals surface area contributed by atoms with Gasteiger partial charge < -0.3 is 10.6 Å². The van der Waals surface area contributed by atoms with Crippen LogP contribution < -0.4 is 10.6 Å². The molecule has 0 spiro atoms. The molecule has 1 aliphatic heterocycles. The summed E-state index contributed by atoms with van der Waals surface area (Å²) in [4.78, 5) is 16.0. The smallest absolute Gasteiger partial charge is 0.254 e. The summed E-state index contributed by atoms with van der Waals surface area (Å²) in [5, 5.41) is 5.35. The maximum Gasteiger partial charge on any atom is 0.254 e. The van der Waals surface area contributed by atoms with Crippen molar-refractivity contribution in [2.75, 3.05) is 23.4 Å². The number of sulfone groups is 1. The van der Waals surface area contributed by atoms with E-state index in [0.717, 1.165) is 0 Å². The highest BCUT2D eigenvalue weighted by Gasteiger charge is 2.39. The van der Waals surface area contributed by atoms with Crippen LogP contribution in [0.15, 0.2) is 12.3 Å². The summed E-state index contributed by atoms with van der Waals surface area (Å²) in [5.74, 6) is -1.45. The van der Waals surface area contributed by atoms with E-state index in [1.165, 1.54) is 12.3 Å². The standard InChI is InChI=1S/C13H18FN3O3S/c1-3-15-11-10(14)9(4-6-16-11)12(18)17-13(2)5-7-21(19,20)8-13/h4,6H,3,5,7-8H2,1-2H3,(H,15,16)(H,17,18). The lowest BCUT2D eigenvalue weighted by Gasteiger charge is -2.24. The Morgan fingerprint density at radius 2 is 2.24 bits per heavy atom. The molecule has 1 atom stereocenters. The average Bonchev–Trinajstić information content (AvgIpc) is 2.66. The van der Waals surface area contributed by atoms with Gasteiger partial charge in [0.05, 0.1) is 22.6 Å². The predicted molar refractivity (Wildman–Crippen MR) is 77.5 cm³/mol. The average molecular weight is 315 g/mol. The molecule has 1 aromatic heterocycles. The Kier molecular flexibility index (Phi) is 4.18. The first-order chi connectivity index (χ1) is 9.76. The third kappa shape index (κ3) is 3.49. The zero-order valence-electron chi connectivity index (χ0n) is 11.9. The van der Waals surface area contributed by atoms with Crippen LogP contribution in [0.2, 0.25) is 0 Å². The van der Waals surface area contributed by atoms with Gasteiger partial charge in [0.1, 0.15) is 0 Å². The minimum Gasteiger partial charge on any atom is -0.368 e. The summed E-state index contributed by atoms with van der Waals surface area (Å²) in [7, 11) is -3.14. The van der Waals surface area contributed by atoms with Gasteiger partial charge in [0.25, 0.3) is 5.91 Å². The Hall–Kier alpha value is -1.70. The zero-order chi connectivity index (χ0) is 15.7. The lowest BCUT2D eigenvalue weighted by molar-refractivity contribution is 0.0911. The van der Waals surface area contributed by atoms with Crippen molar-refractivity contribution in [2.45, 2.75) is 25.8 Å². The van der Waals surface area contributed by atoms with Gasteiger partial charge in [0, 0.05) is 12.7 Å². The van der Waals surface area contributed by atoms with Crippen LogP contribution >= 0.6 is 0 Å². The number of anilines is 1. The molecular formula is C13H18FN3O3S. The molecule has 0 saturated carbocycles. The molecule has 0 aliphatic carbocycles. The van der Waals surface area contributed by atoms with Gasteiger partial charge in [-0.15, -0.1) is 0 Å². The fourth-order valence-electron chi connectivity index (χ4n) is 2.36. The number of aromatic nitrogens is 1. The summed E-state index contributed by atoms with van der Waals surface area (Å²) in [6.07, 6.45) is 1.66. The van der Waals surface area contributed by atoms with Crippen LogP contribution in [0.5, 0.6) is 0 Å². The molecule has 6 nitrogen and oxygen atoms in total. The molecule has 8 heteroatoms. The van der Waals surface area contributed by atoms with Crippen LogP contribution in [-0.4, -0.2) is 42.9 Å². The number of pyridine rings is 1. The molecule has 1 unspecified atom stereocenters. The monoisotopic (exact) mass is 315 g/mol. The highest BCUT2D eigenvalue weighted by atomic mass is 32.2. The summed E-state index contributed by atoms with van der Waals surface area (Å²) in [6.45, 7) is 3.92. The molecule has 1 fully saturated rings. The highest BCUT2D eigenvalue weighted by Crippen LogP contribution is 2.24. The third-order valence-corrected chi connectivity index (χ3v) is 5.30. The molecule has 116 valence electrons. The van der Waals surface area contributed by atoms with E-state index in [0.29, 0.717) is 13.0 Å². The number of nitrogens with one attached hydrogen (secondary N) is 2. The van der Waals surface area contributed by atoms with Crippen LogP contribution in [-0.2, 0) is 9.84 Å². The molecule has 2 heterocycles. The summed E-state index contributed by atoms with van der Waals surface area (Å²) in [5.41, 5.74) is -1.00. The molecule has 0 aromatic carbocycles. The number of halogens is 1. The molecule has 2 N–H and O–H groups in total. The second-order valence-corrected chi connectivity index (χ2v) is 7.59. The lowest BCUT2D eigenvalue weighted by Crippen LogP contribution is -2.47. The summed E-state index contributed by atoms with van der Waals surface area (Å²) >= 11 is 0. The Morgan fingerprint density at radius 1 is 1.52 bits per heavy atom. The first-order valence-corrected chi connectivity index (χ1v) is 8.50. The van der Waals surface area contributed by atoms with Gasteiger partial charge in [-0.3, -0.25) is 4.79 Å². The minimum atomic E-state index is -3.14. The molecule has 1 saturated heterocycles. The number of rotatable bonds is 4. The molecule has 0 radical (unpaired) electrons. The fourth-order valence-corrected chi connectivity index (χ4v) is 4.45. The van der Waals surface area contributed by atoms with Crippen molar-refractivity contribution in [3.63, 3.8) is 0 Å². The number of carbonyl (C=O) groups excluding carboxylic acids is 1. The molecular weight excluding hydrogens is 297 g/mol. The molecule has 1 amide bonds. The van der Waals surface area contributed by atoms with E-state index in [-0.39, 0.29) is 22.9 Å². The molecule has 0 bridgehead atoms. The zero-order valence-corrected chi connectivity index (χ0v) is 12.8. The first kappa shape index (κ1) is 15.7. The van der Waals surface area contributed by atoms with Gasteiger partial charge in [-0.2, -0.15) is 0 Å². The van der Waals surface area contributed by atoms with Crippen molar-refractivity contribution in [1.29, 1.82) is 0 Å². The maximum absolute atomic E-state index is 14.2. The van der Waals surface area contributed by atoms with Crippen molar-refractivity contribution in [1.82, 2.24) is 10.3 Å². The van der Waals surface area contributed by atoms with E-state index in [4.69, 9.17) is 0 Å². The van der Waals surface area contributed by atoms with E-state index < -0.39 is 27.1 Å². The van der Waals surface area contributed by atoms with Crippen molar-refractivity contribution in [3.05, 3.63) is 23.6 Å². The molecule has 21 heavy (non-hydrogen) atoms. The van der Waals surface area contributed by atoms with Gasteiger partial charge in [-0.25, -0.2) is 17.8 Å². The summed E-state index contributed by atoms with van der Waals surface area (Å²) in [6, 6.07) is 1.28. The Morgan fingerprint density at radius 3 is 2.81 bits per heavy atom. The van der Waals surface area contributed by atoms with Crippen molar-refractivity contribution in [2.24, 2.45) is 0 Å². The quantitative estimate of drug-likeness (QED) is 0.864. The lowest BCUT2D eigenvalue weighted by atomic mass is 10.0. The first-order valence-electron chi connectivity index (χ1n) is 6.68. The number of hydrogen-bond acceptors (Lipinski definition) is 5. The number of carbonyl (C=O) groups is 1. The van der Waals surface area contributed by atoms with Crippen LogP contribution in [0.3, 0.4) is 0 Å².